The predicted octanol–water partition coefficient (Wildman–Crippen LogP) is 2.20. The van der Waals surface area contributed by atoms with Gasteiger partial charge in [0.2, 0.25) is 0 Å². The zero-order valence-electron chi connectivity index (χ0n) is 11.8. The van der Waals surface area contributed by atoms with Gasteiger partial charge in [-0.15, -0.1) is 0 Å². The number of ether oxygens (including phenoxy) is 1. The summed E-state index contributed by atoms with van der Waals surface area (Å²) in [4.78, 5) is 12.7. The summed E-state index contributed by atoms with van der Waals surface area (Å²) in [7, 11) is 0. The van der Waals surface area contributed by atoms with Gasteiger partial charge in [-0.05, 0) is 20.3 Å². The molecule has 1 unspecified atom stereocenters. The van der Waals surface area contributed by atoms with Crippen molar-refractivity contribution >= 4 is 11.4 Å². The van der Waals surface area contributed by atoms with Gasteiger partial charge in [0.05, 0.1) is 17.1 Å². The lowest BCUT2D eigenvalue weighted by Crippen LogP contribution is -2.20. The van der Waals surface area contributed by atoms with Crippen LogP contribution in [0.15, 0.2) is 18.2 Å². The molecule has 1 atom stereocenters. The lowest BCUT2D eigenvalue weighted by molar-refractivity contribution is -0.384. The standard InChI is InChI=1S/C14H20N2O4/c1-10(2)20-14-6-12(5-13(7-14)16(18)19)15-4-3-11(8-15)9-17/h5-7,10-11,17H,3-4,8-9H2,1-2H3. The second-order valence-corrected chi connectivity index (χ2v) is 5.39. The van der Waals surface area contributed by atoms with E-state index in [1.807, 2.05) is 19.9 Å². The zero-order valence-corrected chi connectivity index (χ0v) is 11.8. The van der Waals surface area contributed by atoms with Crippen LogP contribution < -0.4 is 9.64 Å². The fourth-order valence-electron chi connectivity index (χ4n) is 2.41. The quantitative estimate of drug-likeness (QED) is 0.661. The molecule has 0 amide bonds. The number of anilines is 1. The van der Waals surface area contributed by atoms with Crippen LogP contribution in [0.4, 0.5) is 11.4 Å². The number of nitro groups is 1. The lowest BCUT2D eigenvalue weighted by Gasteiger charge is -2.20. The van der Waals surface area contributed by atoms with Crippen LogP contribution in [0.3, 0.4) is 0 Å². The van der Waals surface area contributed by atoms with Crippen LogP contribution >= 0.6 is 0 Å². The van der Waals surface area contributed by atoms with E-state index >= 15 is 0 Å². The fourth-order valence-corrected chi connectivity index (χ4v) is 2.41. The number of hydrogen-bond donors (Lipinski definition) is 1. The number of nitro benzene ring substituents is 1. The molecule has 1 fully saturated rings. The van der Waals surface area contributed by atoms with Crippen LogP contribution in [-0.4, -0.2) is 35.8 Å². The Morgan fingerprint density at radius 3 is 2.80 bits per heavy atom. The van der Waals surface area contributed by atoms with E-state index in [4.69, 9.17) is 4.74 Å². The maximum atomic E-state index is 11.0. The molecule has 0 spiro atoms. The van der Waals surface area contributed by atoms with Crippen molar-refractivity contribution in [2.45, 2.75) is 26.4 Å². The first kappa shape index (κ1) is 14.6. The minimum Gasteiger partial charge on any atom is -0.491 e. The number of nitrogens with zero attached hydrogens (tertiary/aromatic N) is 2. The summed E-state index contributed by atoms with van der Waals surface area (Å²) in [5, 5.41) is 20.2. The first-order chi connectivity index (χ1) is 9.49. The third-order valence-electron chi connectivity index (χ3n) is 3.37. The van der Waals surface area contributed by atoms with Gasteiger partial charge < -0.3 is 14.7 Å². The summed E-state index contributed by atoms with van der Waals surface area (Å²) in [6.45, 7) is 5.44. The molecule has 0 radical (unpaired) electrons. The third-order valence-corrected chi connectivity index (χ3v) is 3.37. The molecule has 1 saturated heterocycles. The molecule has 0 aromatic heterocycles. The van der Waals surface area contributed by atoms with E-state index in [1.165, 1.54) is 6.07 Å². The molecule has 0 aliphatic carbocycles. The Bertz CT molecular complexity index is 490. The van der Waals surface area contributed by atoms with Gasteiger partial charge in [0.1, 0.15) is 5.75 Å². The molecule has 1 aromatic rings. The van der Waals surface area contributed by atoms with Gasteiger partial charge >= 0.3 is 0 Å². The Kier molecular flexibility index (Phi) is 4.44. The van der Waals surface area contributed by atoms with Gasteiger partial charge in [0.15, 0.2) is 0 Å². The average Bonchev–Trinajstić information content (AvgIpc) is 2.86. The Hall–Kier alpha value is -1.82. The van der Waals surface area contributed by atoms with Crippen molar-refractivity contribution in [3.8, 4) is 5.75 Å². The number of benzene rings is 1. The van der Waals surface area contributed by atoms with Crippen molar-refractivity contribution in [3.63, 3.8) is 0 Å². The van der Waals surface area contributed by atoms with Crippen LogP contribution in [0.25, 0.3) is 0 Å². The number of rotatable bonds is 5. The van der Waals surface area contributed by atoms with E-state index in [0.717, 1.165) is 25.2 Å². The highest BCUT2D eigenvalue weighted by molar-refractivity contribution is 5.58. The normalized spacial score (nSPS) is 18.6. The van der Waals surface area contributed by atoms with Gasteiger partial charge in [-0.1, -0.05) is 0 Å². The van der Waals surface area contributed by atoms with E-state index in [2.05, 4.69) is 4.90 Å². The van der Waals surface area contributed by atoms with Crippen LogP contribution in [0.1, 0.15) is 20.3 Å². The van der Waals surface area contributed by atoms with Crippen molar-refractivity contribution in [2.75, 3.05) is 24.6 Å². The molecule has 20 heavy (non-hydrogen) atoms. The smallest absolute Gasteiger partial charge is 0.275 e. The Labute approximate surface area is 118 Å². The highest BCUT2D eigenvalue weighted by Crippen LogP contribution is 2.32. The maximum Gasteiger partial charge on any atom is 0.275 e. The monoisotopic (exact) mass is 280 g/mol. The summed E-state index contributed by atoms with van der Waals surface area (Å²) >= 11 is 0. The SMILES string of the molecule is CC(C)Oc1cc(N2CCC(CO)C2)cc([N+](=O)[O-])c1. The molecule has 0 bridgehead atoms. The van der Waals surface area contributed by atoms with Gasteiger partial charge in [-0.3, -0.25) is 10.1 Å². The highest BCUT2D eigenvalue weighted by atomic mass is 16.6. The lowest BCUT2D eigenvalue weighted by atomic mass is 10.1. The van der Waals surface area contributed by atoms with Crippen LogP contribution in [0.5, 0.6) is 5.75 Å². The molecule has 2 rings (SSSR count). The average molecular weight is 280 g/mol. The Balaban J connectivity index is 2.27. The fraction of sp³-hybridized carbons (Fsp3) is 0.571. The molecular formula is C14H20N2O4. The minimum atomic E-state index is -0.406. The van der Waals surface area contributed by atoms with Crippen molar-refractivity contribution in [3.05, 3.63) is 28.3 Å². The third kappa shape index (κ3) is 3.39. The second-order valence-electron chi connectivity index (χ2n) is 5.39. The predicted molar refractivity (Wildman–Crippen MR) is 76.3 cm³/mol. The topological polar surface area (TPSA) is 75.8 Å². The van der Waals surface area contributed by atoms with Gasteiger partial charge in [0.25, 0.3) is 5.69 Å². The second kappa shape index (κ2) is 6.09. The summed E-state index contributed by atoms with van der Waals surface area (Å²) in [5.74, 6) is 0.750. The van der Waals surface area contributed by atoms with E-state index in [1.54, 1.807) is 6.07 Å². The van der Waals surface area contributed by atoms with Crippen molar-refractivity contribution in [1.29, 1.82) is 0 Å². The van der Waals surface area contributed by atoms with E-state index in [0.29, 0.717) is 5.75 Å². The van der Waals surface area contributed by atoms with Crippen molar-refractivity contribution in [1.82, 2.24) is 0 Å². The first-order valence-electron chi connectivity index (χ1n) is 6.81. The largest absolute Gasteiger partial charge is 0.491 e. The Morgan fingerprint density at radius 1 is 1.50 bits per heavy atom. The number of aliphatic hydroxyl groups is 1. The van der Waals surface area contributed by atoms with E-state index in [9.17, 15) is 15.2 Å². The highest BCUT2D eigenvalue weighted by Gasteiger charge is 2.24. The molecule has 6 nitrogen and oxygen atoms in total. The number of aliphatic hydroxyl groups excluding tert-OH is 1. The summed E-state index contributed by atoms with van der Waals surface area (Å²) in [6.07, 6.45) is 0.869. The molecule has 1 aliphatic heterocycles. The van der Waals surface area contributed by atoms with Gasteiger partial charge in [0, 0.05) is 43.4 Å². The summed E-state index contributed by atoms with van der Waals surface area (Å²) < 4.78 is 5.58. The first-order valence-corrected chi connectivity index (χ1v) is 6.81. The van der Waals surface area contributed by atoms with Crippen LogP contribution in [-0.2, 0) is 0 Å². The number of hydrogen-bond acceptors (Lipinski definition) is 5. The van der Waals surface area contributed by atoms with Gasteiger partial charge in [-0.2, -0.15) is 0 Å². The summed E-state index contributed by atoms with van der Waals surface area (Å²) in [6, 6.07) is 4.84. The number of non-ortho nitro benzene ring substituents is 1. The molecule has 1 aromatic carbocycles. The molecule has 1 N–H and O–H groups in total. The minimum absolute atomic E-state index is 0.0330. The zero-order chi connectivity index (χ0) is 14.7. The Morgan fingerprint density at radius 2 is 2.25 bits per heavy atom. The molecule has 110 valence electrons. The molecule has 1 heterocycles. The maximum absolute atomic E-state index is 11.0. The molecule has 6 heteroatoms. The van der Waals surface area contributed by atoms with E-state index < -0.39 is 4.92 Å². The summed E-state index contributed by atoms with van der Waals surface area (Å²) in [5.41, 5.74) is 0.816. The van der Waals surface area contributed by atoms with Gasteiger partial charge in [-0.25, -0.2) is 0 Å². The van der Waals surface area contributed by atoms with Crippen molar-refractivity contribution in [2.24, 2.45) is 5.92 Å². The van der Waals surface area contributed by atoms with Crippen LogP contribution in [0.2, 0.25) is 0 Å². The van der Waals surface area contributed by atoms with E-state index in [-0.39, 0.29) is 24.3 Å². The molecule has 1 aliphatic rings. The van der Waals surface area contributed by atoms with Crippen molar-refractivity contribution < 1.29 is 14.8 Å². The van der Waals surface area contributed by atoms with Crippen LogP contribution in [0, 0.1) is 16.0 Å². The molecular weight excluding hydrogens is 260 g/mol. The molecule has 0 saturated carbocycles.